The second kappa shape index (κ2) is 3.90. The zero-order valence-corrected chi connectivity index (χ0v) is 10.0. The van der Waals surface area contributed by atoms with Crippen molar-refractivity contribution >= 4 is 29.3 Å². The van der Waals surface area contributed by atoms with E-state index in [9.17, 15) is 0 Å². The average molecular weight is 239 g/mol. The van der Waals surface area contributed by atoms with E-state index in [0.717, 1.165) is 21.7 Å². The molecule has 0 nitrogen and oxygen atoms in total. The molecule has 2 aromatic carbocycles. The van der Waals surface area contributed by atoms with Crippen LogP contribution in [0.4, 0.5) is 0 Å². The predicted octanol–water partition coefficient (Wildman–Crippen LogP) is 4.89. The van der Waals surface area contributed by atoms with Gasteiger partial charge < -0.3 is 0 Å². The third-order valence-electron chi connectivity index (χ3n) is 3.07. The molecule has 1 aliphatic carbocycles. The molecular formula is C16H11Cl. The number of hydrogen-bond acceptors (Lipinski definition) is 0. The van der Waals surface area contributed by atoms with Crippen LogP contribution in [0.3, 0.4) is 0 Å². The summed E-state index contributed by atoms with van der Waals surface area (Å²) in [6.45, 7) is 4.20. The van der Waals surface area contributed by atoms with E-state index in [1.807, 2.05) is 30.3 Å². The van der Waals surface area contributed by atoms with Crippen molar-refractivity contribution in [2.24, 2.45) is 0 Å². The predicted molar refractivity (Wildman–Crippen MR) is 75.0 cm³/mol. The lowest BCUT2D eigenvalue weighted by atomic mass is 9.95. The van der Waals surface area contributed by atoms with Gasteiger partial charge in [0, 0.05) is 5.02 Å². The normalized spacial score (nSPS) is 12.9. The third-order valence-corrected chi connectivity index (χ3v) is 3.30. The minimum Gasteiger partial charge on any atom is -0.0905 e. The molecule has 0 aliphatic heterocycles. The molecule has 0 fully saturated rings. The quantitative estimate of drug-likeness (QED) is 0.523. The molecule has 0 saturated heterocycles. The van der Waals surface area contributed by atoms with E-state index in [1.54, 1.807) is 0 Å². The Morgan fingerprint density at radius 2 is 1.53 bits per heavy atom. The van der Waals surface area contributed by atoms with E-state index in [-0.39, 0.29) is 0 Å². The Balaban J connectivity index is 2.28. The minimum absolute atomic E-state index is 0.757. The number of benzene rings is 2. The molecule has 0 atom stereocenters. The Bertz CT molecular complexity index is 636. The molecule has 2 aromatic rings. The molecule has 0 spiro atoms. The summed E-state index contributed by atoms with van der Waals surface area (Å²) in [5.41, 5.74) is 5.71. The summed E-state index contributed by atoms with van der Waals surface area (Å²) in [6, 6.07) is 14.2. The molecule has 0 aromatic heterocycles. The Morgan fingerprint density at radius 1 is 0.824 bits per heavy atom. The topological polar surface area (TPSA) is 0 Å². The fourth-order valence-corrected chi connectivity index (χ4v) is 2.37. The van der Waals surface area contributed by atoms with Crippen LogP contribution in [0.5, 0.6) is 0 Å². The third kappa shape index (κ3) is 1.71. The first kappa shape index (κ1) is 10.4. The van der Waals surface area contributed by atoms with Gasteiger partial charge in [0.1, 0.15) is 0 Å². The van der Waals surface area contributed by atoms with E-state index in [4.69, 9.17) is 11.6 Å². The van der Waals surface area contributed by atoms with Crippen LogP contribution in [-0.2, 0) is 0 Å². The van der Waals surface area contributed by atoms with Crippen LogP contribution < -0.4 is 0 Å². The lowest BCUT2D eigenvalue weighted by Gasteiger charge is -2.09. The first-order valence-corrected chi connectivity index (χ1v) is 5.90. The van der Waals surface area contributed by atoms with Gasteiger partial charge in [0.25, 0.3) is 0 Å². The van der Waals surface area contributed by atoms with Crippen molar-refractivity contribution in [1.82, 2.24) is 0 Å². The molecule has 0 radical (unpaired) electrons. The number of fused-ring (bicyclic) bond motifs is 2. The van der Waals surface area contributed by atoms with Crippen molar-refractivity contribution in [1.29, 1.82) is 0 Å². The molecule has 82 valence electrons. The molecular weight excluding hydrogens is 228 g/mol. The van der Waals surface area contributed by atoms with Gasteiger partial charge in [0.05, 0.1) is 0 Å². The van der Waals surface area contributed by atoms with Crippen LogP contribution in [0, 0.1) is 0 Å². The summed E-state index contributed by atoms with van der Waals surface area (Å²) in [5, 5.41) is 0.757. The molecule has 1 heteroatoms. The zero-order valence-electron chi connectivity index (χ0n) is 9.28. The largest absolute Gasteiger partial charge is 0.0905 e. The molecule has 0 unspecified atom stereocenters. The van der Waals surface area contributed by atoms with Crippen molar-refractivity contribution in [3.05, 3.63) is 76.3 Å². The fourth-order valence-electron chi connectivity index (χ4n) is 2.19. The highest BCUT2D eigenvalue weighted by atomic mass is 35.5. The summed E-state index contributed by atoms with van der Waals surface area (Å²) < 4.78 is 0. The van der Waals surface area contributed by atoms with Crippen molar-refractivity contribution in [3.63, 3.8) is 0 Å². The lowest BCUT2D eigenvalue weighted by Crippen LogP contribution is -1.89. The van der Waals surface area contributed by atoms with E-state index in [2.05, 4.69) is 30.9 Å². The molecule has 1 aliphatic rings. The van der Waals surface area contributed by atoms with Crippen LogP contribution in [0.25, 0.3) is 17.7 Å². The Morgan fingerprint density at radius 3 is 2.41 bits per heavy atom. The first-order valence-electron chi connectivity index (χ1n) is 5.52. The van der Waals surface area contributed by atoms with Crippen LogP contribution in [0.1, 0.15) is 22.3 Å². The van der Waals surface area contributed by atoms with Gasteiger partial charge >= 0.3 is 0 Å². The maximum absolute atomic E-state index is 6.03. The van der Waals surface area contributed by atoms with E-state index in [1.165, 1.54) is 11.1 Å². The smallest absolute Gasteiger partial charge is 0.0412 e. The maximum Gasteiger partial charge on any atom is 0.0412 e. The van der Waals surface area contributed by atoms with Crippen LogP contribution in [0.2, 0.25) is 5.02 Å². The summed E-state index contributed by atoms with van der Waals surface area (Å²) in [6.07, 6.45) is 4.21. The van der Waals surface area contributed by atoms with Crippen molar-refractivity contribution in [2.45, 2.75) is 0 Å². The fraction of sp³-hybridized carbons (Fsp3) is 0. The van der Waals surface area contributed by atoms with Gasteiger partial charge in [-0.25, -0.2) is 0 Å². The van der Waals surface area contributed by atoms with Gasteiger partial charge in [-0.05, 0) is 40.0 Å². The SMILES string of the molecule is C=C1c2ccccc2C=Cc2cc(Cl)ccc21. The summed E-state index contributed by atoms with van der Waals surface area (Å²) in [4.78, 5) is 0. The van der Waals surface area contributed by atoms with Crippen molar-refractivity contribution in [3.8, 4) is 0 Å². The van der Waals surface area contributed by atoms with Crippen LogP contribution in [0.15, 0.2) is 49.0 Å². The minimum atomic E-state index is 0.757. The number of rotatable bonds is 0. The highest BCUT2D eigenvalue weighted by Crippen LogP contribution is 2.33. The highest BCUT2D eigenvalue weighted by Gasteiger charge is 2.12. The molecule has 0 amide bonds. The second-order valence-corrected chi connectivity index (χ2v) is 4.57. The van der Waals surface area contributed by atoms with Gasteiger partial charge in [0.2, 0.25) is 0 Å². The molecule has 0 heterocycles. The standard InChI is InChI=1S/C16H11Cl/c1-11-15-5-3-2-4-12(15)6-7-13-10-14(17)8-9-16(11)13/h2-10H,1H2. The van der Waals surface area contributed by atoms with Crippen LogP contribution in [-0.4, -0.2) is 0 Å². The van der Waals surface area contributed by atoms with Gasteiger partial charge in [-0.2, -0.15) is 0 Å². The Labute approximate surface area is 106 Å². The van der Waals surface area contributed by atoms with Gasteiger partial charge in [-0.3, -0.25) is 0 Å². The number of halogens is 1. The number of hydrogen-bond donors (Lipinski definition) is 0. The summed E-state index contributed by atoms with van der Waals surface area (Å²) in [7, 11) is 0. The Kier molecular flexibility index (Phi) is 2.38. The maximum atomic E-state index is 6.03. The van der Waals surface area contributed by atoms with Crippen molar-refractivity contribution in [2.75, 3.05) is 0 Å². The van der Waals surface area contributed by atoms with Gasteiger partial charge in [-0.1, -0.05) is 60.7 Å². The van der Waals surface area contributed by atoms with E-state index in [0.29, 0.717) is 0 Å². The Hall–Kier alpha value is -1.79. The molecule has 17 heavy (non-hydrogen) atoms. The molecule has 0 bridgehead atoms. The molecule has 0 N–H and O–H groups in total. The summed E-state index contributed by atoms with van der Waals surface area (Å²) in [5.74, 6) is 0. The monoisotopic (exact) mass is 238 g/mol. The highest BCUT2D eigenvalue weighted by molar-refractivity contribution is 6.30. The van der Waals surface area contributed by atoms with Gasteiger partial charge in [0.15, 0.2) is 0 Å². The van der Waals surface area contributed by atoms with E-state index < -0.39 is 0 Å². The summed E-state index contributed by atoms with van der Waals surface area (Å²) >= 11 is 6.03. The first-order chi connectivity index (χ1) is 8.25. The van der Waals surface area contributed by atoms with Crippen molar-refractivity contribution < 1.29 is 0 Å². The second-order valence-electron chi connectivity index (χ2n) is 4.13. The zero-order chi connectivity index (χ0) is 11.8. The van der Waals surface area contributed by atoms with Crippen LogP contribution >= 0.6 is 11.6 Å². The molecule has 0 saturated carbocycles. The average Bonchev–Trinajstić information content (AvgIpc) is 2.48. The van der Waals surface area contributed by atoms with Gasteiger partial charge in [-0.15, -0.1) is 0 Å². The van der Waals surface area contributed by atoms with E-state index >= 15 is 0 Å². The lowest BCUT2D eigenvalue weighted by molar-refractivity contribution is 1.54. The molecule has 3 rings (SSSR count).